The zero-order valence-electron chi connectivity index (χ0n) is 12.7. The van der Waals surface area contributed by atoms with Crippen LogP contribution < -0.4 is 15.8 Å². The van der Waals surface area contributed by atoms with Crippen LogP contribution in [-0.2, 0) is 0 Å². The summed E-state index contributed by atoms with van der Waals surface area (Å²) in [5.41, 5.74) is 6.73. The monoisotopic (exact) mass is 278 g/mol. The van der Waals surface area contributed by atoms with Crippen molar-refractivity contribution in [1.29, 1.82) is 0 Å². The van der Waals surface area contributed by atoms with E-state index >= 15 is 0 Å². The van der Waals surface area contributed by atoms with Gasteiger partial charge >= 0.3 is 0 Å². The number of anilines is 1. The van der Waals surface area contributed by atoms with Crippen LogP contribution >= 0.6 is 0 Å². The van der Waals surface area contributed by atoms with E-state index in [-0.39, 0.29) is 6.10 Å². The molecule has 20 heavy (non-hydrogen) atoms. The molecule has 2 rings (SSSR count). The van der Waals surface area contributed by atoms with E-state index in [1.54, 1.807) is 0 Å². The topological polar surface area (TPSA) is 73.1 Å². The third kappa shape index (κ3) is 4.07. The van der Waals surface area contributed by atoms with Crippen LogP contribution in [0.25, 0.3) is 0 Å². The Morgan fingerprint density at radius 1 is 1.35 bits per heavy atom. The molecule has 1 aliphatic rings. The lowest BCUT2D eigenvalue weighted by Gasteiger charge is -2.18. The highest BCUT2D eigenvalue weighted by Crippen LogP contribution is 2.30. The van der Waals surface area contributed by atoms with E-state index in [9.17, 15) is 0 Å². The summed E-state index contributed by atoms with van der Waals surface area (Å²) < 4.78 is 5.64. The molecule has 0 aromatic carbocycles. The average Bonchev–Trinajstić information content (AvgIpc) is 2.82. The normalized spacial score (nSPS) is 22.2. The minimum atomic E-state index is 0.119. The van der Waals surface area contributed by atoms with Crippen molar-refractivity contribution < 1.29 is 4.74 Å². The fourth-order valence-corrected chi connectivity index (χ4v) is 2.84. The summed E-state index contributed by atoms with van der Waals surface area (Å²) in [4.78, 5) is 8.83. The predicted molar refractivity (Wildman–Crippen MR) is 80.9 cm³/mol. The van der Waals surface area contributed by atoms with Gasteiger partial charge in [0.15, 0.2) is 0 Å². The van der Waals surface area contributed by atoms with E-state index in [0.29, 0.717) is 23.7 Å². The van der Waals surface area contributed by atoms with Gasteiger partial charge in [0.1, 0.15) is 0 Å². The Bertz CT molecular complexity index is 436. The van der Waals surface area contributed by atoms with Crippen molar-refractivity contribution in [2.24, 2.45) is 17.6 Å². The lowest BCUT2D eigenvalue weighted by atomic mass is 9.96. The van der Waals surface area contributed by atoms with Crippen molar-refractivity contribution >= 4 is 5.95 Å². The van der Waals surface area contributed by atoms with E-state index in [1.165, 1.54) is 19.3 Å². The van der Waals surface area contributed by atoms with Gasteiger partial charge in [0.25, 0.3) is 0 Å². The molecule has 1 aliphatic carbocycles. The number of hydrogen-bond donors (Lipinski definition) is 2. The maximum Gasteiger partial charge on any atom is 0.226 e. The SMILES string of the molecule is Cc1cc(OC(C)C)nc(NCC2CCCC2CN)n1. The second kappa shape index (κ2) is 6.88. The van der Waals surface area contributed by atoms with Crippen molar-refractivity contribution in [2.45, 2.75) is 46.1 Å². The second-order valence-electron chi connectivity index (χ2n) is 5.91. The highest BCUT2D eigenvalue weighted by molar-refractivity contribution is 5.30. The quantitative estimate of drug-likeness (QED) is 0.835. The van der Waals surface area contributed by atoms with Crippen molar-refractivity contribution in [2.75, 3.05) is 18.4 Å². The largest absolute Gasteiger partial charge is 0.475 e. The lowest BCUT2D eigenvalue weighted by molar-refractivity contribution is 0.232. The van der Waals surface area contributed by atoms with Crippen molar-refractivity contribution in [3.8, 4) is 5.88 Å². The number of hydrogen-bond acceptors (Lipinski definition) is 5. The molecule has 0 radical (unpaired) electrons. The standard InChI is InChI=1S/C15H26N4O/c1-10(2)20-14-7-11(3)18-15(19-14)17-9-13-6-4-5-12(13)8-16/h7,10,12-13H,4-6,8-9,16H2,1-3H3,(H,17,18,19). The van der Waals surface area contributed by atoms with Crippen molar-refractivity contribution in [3.63, 3.8) is 0 Å². The molecule has 5 heteroatoms. The van der Waals surface area contributed by atoms with Gasteiger partial charge in [-0.3, -0.25) is 0 Å². The first-order chi connectivity index (χ1) is 9.58. The molecule has 0 saturated heterocycles. The minimum Gasteiger partial charge on any atom is -0.475 e. The van der Waals surface area contributed by atoms with Gasteiger partial charge in [-0.15, -0.1) is 0 Å². The van der Waals surface area contributed by atoms with Crippen LogP contribution in [0.4, 0.5) is 5.95 Å². The molecule has 0 bridgehead atoms. The highest BCUT2D eigenvalue weighted by atomic mass is 16.5. The lowest BCUT2D eigenvalue weighted by Crippen LogP contribution is -2.25. The first kappa shape index (κ1) is 15.0. The summed E-state index contributed by atoms with van der Waals surface area (Å²) in [6.07, 6.45) is 3.90. The van der Waals surface area contributed by atoms with Crippen LogP contribution in [0.15, 0.2) is 6.07 Å². The molecule has 1 aromatic heterocycles. The number of nitrogens with zero attached hydrogens (tertiary/aromatic N) is 2. The number of aryl methyl sites for hydroxylation is 1. The summed E-state index contributed by atoms with van der Waals surface area (Å²) in [6.45, 7) is 7.62. The van der Waals surface area contributed by atoms with Crippen LogP contribution in [-0.4, -0.2) is 29.2 Å². The summed E-state index contributed by atoms with van der Waals surface area (Å²) in [5.74, 6) is 2.57. The third-order valence-electron chi connectivity index (χ3n) is 3.83. The van der Waals surface area contributed by atoms with Gasteiger partial charge in [-0.25, -0.2) is 4.98 Å². The molecule has 5 nitrogen and oxygen atoms in total. The van der Waals surface area contributed by atoms with Crippen LogP contribution in [0.5, 0.6) is 5.88 Å². The number of rotatable bonds is 6. The van der Waals surface area contributed by atoms with Crippen LogP contribution in [0.1, 0.15) is 38.8 Å². The molecule has 112 valence electrons. The Labute approximate surface area is 121 Å². The summed E-state index contributed by atoms with van der Waals surface area (Å²) in [6, 6.07) is 1.86. The predicted octanol–water partition coefficient (Wildman–Crippen LogP) is 2.36. The van der Waals surface area contributed by atoms with Crippen LogP contribution in [0.2, 0.25) is 0 Å². The van der Waals surface area contributed by atoms with Gasteiger partial charge in [0.2, 0.25) is 11.8 Å². The van der Waals surface area contributed by atoms with Gasteiger partial charge in [-0.05, 0) is 52.0 Å². The maximum atomic E-state index is 5.82. The third-order valence-corrected chi connectivity index (χ3v) is 3.83. The van der Waals surface area contributed by atoms with E-state index in [2.05, 4.69) is 15.3 Å². The number of aromatic nitrogens is 2. The second-order valence-corrected chi connectivity index (χ2v) is 5.91. The molecule has 1 aromatic rings. The molecule has 2 atom stereocenters. The van der Waals surface area contributed by atoms with E-state index < -0.39 is 0 Å². The van der Waals surface area contributed by atoms with Crippen molar-refractivity contribution in [3.05, 3.63) is 11.8 Å². The number of nitrogens with one attached hydrogen (secondary N) is 1. The summed E-state index contributed by atoms with van der Waals surface area (Å²) in [7, 11) is 0. The molecule has 3 N–H and O–H groups in total. The Kier molecular flexibility index (Phi) is 5.17. The Morgan fingerprint density at radius 3 is 2.80 bits per heavy atom. The number of ether oxygens (including phenoxy) is 1. The molecule has 2 unspecified atom stereocenters. The zero-order valence-corrected chi connectivity index (χ0v) is 12.7. The smallest absolute Gasteiger partial charge is 0.226 e. The molecular formula is C15H26N4O. The Morgan fingerprint density at radius 2 is 2.10 bits per heavy atom. The van der Waals surface area contributed by atoms with Gasteiger partial charge in [0.05, 0.1) is 6.10 Å². The van der Waals surface area contributed by atoms with Crippen LogP contribution in [0.3, 0.4) is 0 Å². The zero-order chi connectivity index (χ0) is 14.5. The number of nitrogens with two attached hydrogens (primary N) is 1. The first-order valence-electron chi connectivity index (χ1n) is 7.54. The molecule has 0 spiro atoms. The highest BCUT2D eigenvalue weighted by Gasteiger charge is 2.25. The molecule has 1 heterocycles. The van der Waals surface area contributed by atoms with Crippen molar-refractivity contribution in [1.82, 2.24) is 9.97 Å². The molecular weight excluding hydrogens is 252 g/mol. The first-order valence-corrected chi connectivity index (χ1v) is 7.54. The van der Waals surface area contributed by atoms with Gasteiger partial charge < -0.3 is 15.8 Å². The van der Waals surface area contributed by atoms with Gasteiger partial charge in [0, 0.05) is 18.3 Å². The summed E-state index contributed by atoms with van der Waals surface area (Å²) >= 11 is 0. The molecule has 0 amide bonds. The Balaban J connectivity index is 1.96. The van der Waals surface area contributed by atoms with Gasteiger partial charge in [-0.2, -0.15) is 4.98 Å². The molecule has 1 fully saturated rings. The fraction of sp³-hybridized carbons (Fsp3) is 0.733. The fourth-order valence-electron chi connectivity index (χ4n) is 2.84. The van der Waals surface area contributed by atoms with E-state index in [4.69, 9.17) is 10.5 Å². The maximum absolute atomic E-state index is 5.82. The molecule has 1 saturated carbocycles. The average molecular weight is 278 g/mol. The van der Waals surface area contributed by atoms with Gasteiger partial charge in [-0.1, -0.05) is 6.42 Å². The minimum absolute atomic E-state index is 0.119. The Hall–Kier alpha value is -1.36. The van der Waals surface area contributed by atoms with E-state index in [1.807, 2.05) is 26.8 Å². The molecule has 0 aliphatic heterocycles. The van der Waals surface area contributed by atoms with Crippen LogP contribution in [0, 0.1) is 18.8 Å². The summed E-state index contributed by atoms with van der Waals surface area (Å²) in [5, 5.41) is 3.35. The van der Waals surface area contributed by atoms with E-state index in [0.717, 1.165) is 18.8 Å².